The second kappa shape index (κ2) is 10.5. The number of aliphatic carboxylic acids is 1. The molecule has 1 aliphatic rings. The summed E-state index contributed by atoms with van der Waals surface area (Å²) < 4.78 is 33.3. The Hall–Kier alpha value is -3.74. The van der Waals surface area contributed by atoms with Crippen LogP contribution in [-0.4, -0.2) is 67.8 Å². The third-order valence-corrected chi connectivity index (χ3v) is 5.30. The van der Waals surface area contributed by atoms with Crippen molar-refractivity contribution in [2.45, 2.75) is 31.5 Å². The van der Waals surface area contributed by atoms with Gasteiger partial charge in [-0.2, -0.15) is 13.2 Å². The number of benzene rings is 1. The number of alkyl halides is 3. The predicted molar refractivity (Wildman–Crippen MR) is 114 cm³/mol. The molecule has 0 saturated carbocycles. The van der Waals surface area contributed by atoms with Gasteiger partial charge in [0.05, 0.1) is 6.54 Å². The van der Waals surface area contributed by atoms with Crippen LogP contribution in [0.3, 0.4) is 0 Å². The van der Waals surface area contributed by atoms with Crippen LogP contribution >= 0.6 is 0 Å². The van der Waals surface area contributed by atoms with E-state index in [2.05, 4.69) is 38.5 Å². The van der Waals surface area contributed by atoms with Gasteiger partial charge >= 0.3 is 12.1 Å². The highest BCUT2D eigenvalue weighted by atomic mass is 19.4. The van der Waals surface area contributed by atoms with E-state index >= 15 is 0 Å². The molecule has 1 amide bonds. The Morgan fingerprint density at radius 1 is 1.29 bits per heavy atom. The standard InChI is InChI=1S/C19H22N6O2.C2HF3O2/c1-24-8-3-6-15(12-24)13-4-2-5-14(10-13)18(26)21-11-16-22-23-17-19(27)20-7-9-25(16)17;3-2(4,5)1(6)7/h2,4-5,7,9-10,15H,3,6,8,11-12H2,1H3,(H,20,27)(H,21,26);(H,6,7). The number of carbonyl (C=O) groups is 2. The summed E-state index contributed by atoms with van der Waals surface area (Å²) in [7, 11) is 2.14. The number of carboxylic acid groups (broad SMARTS) is 1. The third-order valence-electron chi connectivity index (χ3n) is 5.30. The van der Waals surface area contributed by atoms with Gasteiger partial charge in [-0.3, -0.25) is 14.0 Å². The van der Waals surface area contributed by atoms with Gasteiger partial charge in [-0.25, -0.2) is 4.79 Å². The molecule has 1 fully saturated rings. The van der Waals surface area contributed by atoms with E-state index in [0.717, 1.165) is 19.5 Å². The second-order valence-corrected chi connectivity index (χ2v) is 7.81. The number of H-pyrrole nitrogens is 1. The fraction of sp³-hybridized carbons (Fsp3) is 0.381. The molecule has 1 atom stereocenters. The zero-order chi connectivity index (χ0) is 24.9. The minimum absolute atomic E-state index is 0.164. The lowest BCUT2D eigenvalue weighted by Crippen LogP contribution is -2.31. The summed E-state index contributed by atoms with van der Waals surface area (Å²) in [5, 5.41) is 17.9. The van der Waals surface area contributed by atoms with Crippen LogP contribution in [-0.2, 0) is 11.3 Å². The molecule has 0 radical (unpaired) electrons. The molecule has 34 heavy (non-hydrogen) atoms. The fourth-order valence-corrected chi connectivity index (χ4v) is 3.64. The van der Waals surface area contributed by atoms with Crippen molar-refractivity contribution < 1.29 is 27.9 Å². The summed E-state index contributed by atoms with van der Waals surface area (Å²) in [4.78, 5) is 38.1. The zero-order valence-electron chi connectivity index (χ0n) is 18.2. The van der Waals surface area contributed by atoms with E-state index in [1.807, 2.05) is 18.2 Å². The Morgan fingerprint density at radius 2 is 2.03 bits per heavy atom. The summed E-state index contributed by atoms with van der Waals surface area (Å²) in [6, 6.07) is 7.83. The normalized spacial score (nSPS) is 16.5. The summed E-state index contributed by atoms with van der Waals surface area (Å²) in [6.07, 6.45) is 0.430. The van der Waals surface area contributed by atoms with Crippen LogP contribution in [0.5, 0.6) is 0 Å². The van der Waals surface area contributed by atoms with Gasteiger partial charge in [0, 0.05) is 24.5 Å². The van der Waals surface area contributed by atoms with Crippen molar-refractivity contribution in [2.75, 3.05) is 20.1 Å². The van der Waals surface area contributed by atoms with Crippen molar-refractivity contribution in [1.29, 1.82) is 0 Å². The smallest absolute Gasteiger partial charge is 0.475 e. The molecule has 3 N–H and O–H groups in total. The number of likely N-dealkylation sites (N-methyl/N-ethyl adjacent to an activating group) is 1. The number of hydrogen-bond donors (Lipinski definition) is 3. The number of hydrogen-bond acceptors (Lipinski definition) is 6. The van der Waals surface area contributed by atoms with Gasteiger partial charge in [0.1, 0.15) is 0 Å². The molecule has 0 spiro atoms. The van der Waals surface area contributed by atoms with Crippen LogP contribution in [0.2, 0.25) is 0 Å². The average molecular weight is 480 g/mol. The second-order valence-electron chi connectivity index (χ2n) is 7.81. The van der Waals surface area contributed by atoms with Crippen LogP contribution in [0.4, 0.5) is 13.2 Å². The first-order chi connectivity index (χ1) is 16.1. The van der Waals surface area contributed by atoms with Crippen molar-refractivity contribution in [1.82, 2.24) is 29.8 Å². The number of fused-ring (bicyclic) bond motifs is 1. The lowest BCUT2D eigenvalue weighted by atomic mass is 9.90. The molecule has 1 unspecified atom stereocenters. The van der Waals surface area contributed by atoms with Crippen molar-refractivity contribution >= 4 is 17.5 Å². The third kappa shape index (κ3) is 6.19. The van der Waals surface area contributed by atoms with Crippen LogP contribution in [0, 0.1) is 0 Å². The number of likely N-dealkylation sites (tertiary alicyclic amines) is 1. The van der Waals surface area contributed by atoms with E-state index in [9.17, 15) is 22.8 Å². The Kier molecular flexibility index (Phi) is 7.66. The Morgan fingerprint density at radius 3 is 2.71 bits per heavy atom. The highest BCUT2D eigenvalue weighted by Gasteiger charge is 2.38. The topological polar surface area (TPSA) is 133 Å². The first-order valence-electron chi connectivity index (χ1n) is 10.3. The van der Waals surface area contributed by atoms with Crippen molar-refractivity contribution in [3.05, 3.63) is 64.0 Å². The molecule has 1 aromatic carbocycles. The molecule has 4 rings (SSSR count). The van der Waals surface area contributed by atoms with Crippen molar-refractivity contribution in [3.63, 3.8) is 0 Å². The number of nitrogens with one attached hydrogen (secondary N) is 2. The molecule has 3 heterocycles. The maximum atomic E-state index is 12.6. The van der Waals surface area contributed by atoms with E-state index in [1.54, 1.807) is 10.6 Å². The molecular weight excluding hydrogens is 457 g/mol. The molecule has 0 aliphatic carbocycles. The van der Waals surface area contributed by atoms with E-state index in [0.29, 0.717) is 17.3 Å². The van der Waals surface area contributed by atoms with E-state index in [1.165, 1.54) is 18.2 Å². The maximum Gasteiger partial charge on any atom is 0.490 e. The first kappa shape index (κ1) is 24.9. The molecule has 3 aromatic rings. The monoisotopic (exact) mass is 480 g/mol. The number of carboxylic acids is 1. The number of carbonyl (C=O) groups excluding carboxylic acids is 1. The number of aromatic nitrogens is 4. The van der Waals surface area contributed by atoms with E-state index < -0.39 is 12.1 Å². The zero-order valence-corrected chi connectivity index (χ0v) is 18.2. The number of rotatable bonds is 4. The van der Waals surface area contributed by atoms with Gasteiger partial charge < -0.3 is 20.3 Å². The van der Waals surface area contributed by atoms with Gasteiger partial charge in [-0.1, -0.05) is 12.1 Å². The highest BCUT2D eigenvalue weighted by molar-refractivity contribution is 5.94. The highest BCUT2D eigenvalue weighted by Crippen LogP contribution is 2.26. The van der Waals surface area contributed by atoms with Crippen LogP contribution in [0.1, 0.15) is 40.5 Å². The van der Waals surface area contributed by atoms with Crippen LogP contribution < -0.4 is 10.9 Å². The van der Waals surface area contributed by atoms with Gasteiger partial charge in [0.15, 0.2) is 5.82 Å². The van der Waals surface area contributed by atoms with Crippen LogP contribution in [0.25, 0.3) is 5.65 Å². The van der Waals surface area contributed by atoms with Gasteiger partial charge in [-0.05, 0) is 50.0 Å². The number of piperidine rings is 1. The fourth-order valence-electron chi connectivity index (χ4n) is 3.64. The summed E-state index contributed by atoms with van der Waals surface area (Å²) >= 11 is 0. The average Bonchev–Trinajstić information content (AvgIpc) is 3.22. The SMILES string of the molecule is CN1CCCC(c2cccc(C(=O)NCc3nnc4c(=O)[nH]ccn34)c2)C1.O=C(O)C(F)(F)F. The molecule has 0 bridgehead atoms. The molecule has 1 saturated heterocycles. The Bertz CT molecular complexity index is 1220. The molecule has 182 valence electrons. The minimum Gasteiger partial charge on any atom is -0.475 e. The largest absolute Gasteiger partial charge is 0.490 e. The molecular formula is C21H23F3N6O4. The minimum atomic E-state index is -5.08. The van der Waals surface area contributed by atoms with E-state index in [-0.39, 0.29) is 23.7 Å². The van der Waals surface area contributed by atoms with Gasteiger partial charge in [-0.15, -0.1) is 10.2 Å². The van der Waals surface area contributed by atoms with Crippen LogP contribution in [0.15, 0.2) is 41.5 Å². The first-order valence-corrected chi connectivity index (χ1v) is 10.3. The Labute approximate surface area is 191 Å². The summed E-state index contributed by atoms with van der Waals surface area (Å²) in [5.41, 5.74) is 1.74. The number of amides is 1. The Balaban J connectivity index is 0.000000406. The maximum absolute atomic E-state index is 12.6. The molecule has 10 nitrogen and oxygen atoms in total. The molecule has 1 aliphatic heterocycles. The quantitative estimate of drug-likeness (QED) is 0.519. The number of aromatic amines is 1. The summed E-state index contributed by atoms with van der Waals surface area (Å²) in [6.45, 7) is 2.34. The lowest BCUT2D eigenvalue weighted by molar-refractivity contribution is -0.192. The van der Waals surface area contributed by atoms with Gasteiger partial charge in [0.25, 0.3) is 11.5 Å². The van der Waals surface area contributed by atoms with Crippen molar-refractivity contribution in [2.24, 2.45) is 0 Å². The van der Waals surface area contributed by atoms with Crippen molar-refractivity contribution in [3.8, 4) is 0 Å². The molecule has 13 heteroatoms. The van der Waals surface area contributed by atoms with Gasteiger partial charge in [0.2, 0.25) is 5.65 Å². The number of nitrogens with zero attached hydrogens (tertiary/aromatic N) is 4. The molecule has 2 aromatic heterocycles. The summed E-state index contributed by atoms with van der Waals surface area (Å²) in [5.74, 6) is -1.95. The lowest BCUT2D eigenvalue weighted by Gasteiger charge is -2.30. The number of halogens is 3. The van der Waals surface area contributed by atoms with E-state index in [4.69, 9.17) is 9.90 Å². The predicted octanol–water partition coefficient (Wildman–Crippen LogP) is 1.79.